The number of ether oxygens (including phenoxy) is 2. The summed E-state index contributed by atoms with van der Waals surface area (Å²) in [5.74, 6) is 1.18. The monoisotopic (exact) mass is 289 g/mol. The molecule has 21 heavy (non-hydrogen) atoms. The van der Waals surface area contributed by atoms with E-state index in [0.717, 1.165) is 11.3 Å². The van der Waals surface area contributed by atoms with E-state index in [2.05, 4.69) is 15.5 Å². The van der Waals surface area contributed by atoms with Gasteiger partial charge in [0.05, 0.1) is 19.3 Å². The molecular weight excluding hydrogens is 270 g/mol. The van der Waals surface area contributed by atoms with Gasteiger partial charge in [0.2, 0.25) is 0 Å². The minimum absolute atomic E-state index is 0.127. The van der Waals surface area contributed by atoms with E-state index in [0.29, 0.717) is 5.75 Å². The number of rotatable bonds is 6. The topological polar surface area (TPSA) is 76.2 Å². The third kappa shape index (κ3) is 3.98. The molecule has 1 aromatic carbocycles. The van der Waals surface area contributed by atoms with E-state index >= 15 is 0 Å². The lowest BCUT2D eigenvalue weighted by molar-refractivity contribution is -0.127. The molecule has 6 heteroatoms. The Morgan fingerprint density at radius 3 is 2.48 bits per heavy atom. The maximum Gasteiger partial charge on any atom is 0.261 e. The Morgan fingerprint density at radius 1 is 1.24 bits per heavy atom. The molecule has 0 aliphatic carbocycles. The van der Waals surface area contributed by atoms with Crippen molar-refractivity contribution >= 4 is 5.91 Å². The maximum atomic E-state index is 12.1. The van der Waals surface area contributed by atoms with Gasteiger partial charge >= 0.3 is 0 Å². The Morgan fingerprint density at radius 2 is 1.90 bits per heavy atom. The molecule has 0 radical (unpaired) electrons. The van der Waals surface area contributed by atoms with Crippen molar-refractivity contribution in [3.8, 4) is 11.5 Å². The number of nitrogens with zero attached hydrogens (tertiary/aromatic N) is 1. The molecule has 0 saturated heterocycles. The molecule has 2 rings (SSSR count). The second-order valence-electron chi connectivity index (χ2n) is 4.70. The van der Waals surface area contributed by atoms with E-state index < -0.39 is 6.10 Å². The lowest BCUT2D eigenvalue weighted by Gasteiger charge is -2.18. The molecule has 2 atom stereocenters. The fourth-order valence-corrected chi connectivity index (χ4v) is 1.82. The van der Waals surface area contributed by atoms with Gasteiger partial charge in [0.25, 0.3) is 5.91 Å². The highest BCUT2D eigenvalue weighted by Crippen LogP contribution is 2.18. The van der Waals surface area contributed by atoms with E-state index in [1.54, 1.807) is 50.7 Å². The molecule has 0 saturated carbocycles. The molecule has 112 valence electrons. The molecule has 1 amide bonds. The van der Waals surface area contributed by atoms with Crippen molar-refractivity contribution in [1.29, 1.82) is 0 Å². The van der Waals surface area contributed by atoms with Gasteiger partial charge in [-0.15, -0.1) is 0 Å². The number of benzene rings is 1. The van der Waals surface area contributed by atoms with Crippen LogP contribution in [0, 0.1) is 0 Å². The number of carbonyl (C=O) groups is 1. The summed E-state index contributed by atoms with van der Waals surface area (Å²) >= 11 is 0. The zero-order chi connectivity index (χ0) is 15.2. The number of nitrogens with one attached hydrogen (secondary N) is 2. The summed E-state index contributed by atoms with van der Waals surface area (Å²) in [6, 6.07) is 6.98. The fourth-order valence-electron chi connectivity index (χ4n) is 1.82. The van der Waals surface area contributed by atoms with Crippen molar-refractivity contribution in [3.63, 3.8) is 0 Å². The zero-order valence-corrected chi connectivity index (χ0v) is 12.3. The Balaban J connectivity index is 1.89. The number of hydrogen-bond acceptors (Lipinski definition) is 4. The predicted molar refractivity (Wildman–Crippen MR) is 78.2 cm³/mol. The number of hydrogen-bond donors (Lipinski definition) is 2. The van der Waals surface area contributed by atoms with Crippen LogP contribution in [-0.2, 0) is 4.79 Å². The van der Waals surface area contributed by atoms with Gasteiger partial charge in [0.15, 0.2) is 6.10 Å². The van der Waals surface area contributed by atoms with Crippen LogP contribution in [0.5, 0.6) is 11.5 Å². The van der Waals surface area contributed by atoms with Crippen LogP contribution < -0.4 is 14.8 Å². The largest absolute Gasteiger partial charge is 0.497 e. The van der Waals surface area contributed by atoms with Gasteiger partial charge in [0.1, 0.15) is 11.5 Å². The minimum atomic E-state index is -0.590. The second kappa shape index (κ2) is 6.78. The van der Waals surface area contributed by atoms with E-state index in [-0.39, 0.29) is 11.9 Å². The molecular formula is C15H19N3O3. The number of aromatic amines is 1. The van der Waals surface area contributed by atoms with Crippen molar-refractivity contribution in [2.45, 2.75) is 26.0 Å². The van der Waals surface area contributed by atoms with Crippen molar-refractivity contribution in [3.05, 3.63) is 42.2 Å². The number of aromatic nitrogens is 2. The van der Waals surface area contributed by atoms with Crippen LogP contribution in [0.15, 0.2) is 36.7 Å². The molecule has 0 aliphatic heterocycles. The van der Waals surface area contributed by atoms with Crippen molar-refractivity contribution in [2.24, 2.45) is 0 Å². The first-order valence-corrected chi connectivity index (χ1v) is 6.70. The summed E-state index contributed by atoms with van der Waals surface area (Å²) in [5, 5.41) is 9.46. The van der Waals surface area contributed by atoms with Gasteiger partial charge in [-0.2, -0.15) is 5.10 Å². The third-order valence-corrected chi connectivity index (χ3v) is 3.12. The summed E-state index contributed by atoms with van der Waals surface area (Å²) in [5.41, 5.74) is 0.917. The van der Waals surface area contributed by atoms with Gasteiger partial charge in [-0.1, -0.05) is 0 Å². The standard InChI is InChI=1S/C15H19N3O3/c1-10(12-8-16-17-9-12)18-15(19)11(2)21-14-6-4-13(20-3)5-7-14/h4-11H,1-3H3,(H,16,17)(H,18,19). The molecule has 0 fully saturated rings. The molecule has 1 aromatic heterocycles. The molecule has 1 heterocycles. The lowest BCUT2D eigenvalue weighted by Crippen LogP contribution is -2.37. The van der Waals surface area contributed by atoms with Crippen LogP contribution in [-0.4, -0.2) is 29.3 Å². The molecule has 0 spiro atoms. The number of amides is 1. The van der Waals surface area contributed by atoms with Crippen LogP contribution in [0.3, 0.4) is 0 Å². The highest BCUT2D eigenvalue weighted by molar-refractivity contribution is 5.81. The number of methoxy groups -OCH3 is 1. The first kappa shape index (κ1) is 14.9. The quantitative estimate of drug-likeness (QED) is 0.853. The first-order valence-electron chi connectivity index (χ1n) is 6.70. The summed E-state index contributed by atoms with van der Waals surface area (Å²) in [6.45, 7) is 3.60. The third-order valence-electron chi connectivity index (χ3n) is 3.12. The van der Waals surface area contributed by atoms with Gasteiger partial charge in [-0.3, -0.25) is 9.89 Å². The normalized spacial score (nSPS) is 13.3. The van der Waals surface area contributed by atoms with Crippen LogP contribution in [0.4, 0.5) is 0 Å². The summed E-state index contributed by atoms with van der Waals surface area (Å²) < 4.78 is 10.7. The van der Waals surface area contributed by atoms with Gasteiger partial charge < -0.3 is 14.8 Å². The maximum absolute atomic E-state index is 12.1. The highest BCUT2D eigenvalue weighted by Gasteiger charge is 2.18. The molecule has 0 bridgehead atoms. The van der Waals surface area contributed by atoms with E-state index in [4.69, 9.17) is 9.47 Å². The Labute approximate surface area is 123 Å². The average molecular weight is 289 g/mol. The molecule has 2 N–H and O–H groups in total. The fraction of sp³-hybridized carbons (Fsp3) is 0.333. The minimum Gasteiger partial charge on any atom is -0.497 e. The van der Waals surface area contributed by atoms with Gasteiger partial charge in [0, 0.05) is 11.8 Å². The zero-order valence-electron chi connectivity index (χ0n) is 12.3. The lowest BCUT2D eigenvalue weighted by atomic mass is 10.2. The van der Waals surface area contributed by atoms with E-state index in [1.165, 1.54) is 0 Å². The van der Waals surface area contributed by atoms with E-state index in [1.807, 2.05) is 6.92 Å². The first-order chi connectivity index (χ1) is 10.1. The predicted octanol–water partition coefficient (Wildman–Crippen LogP) is 2.06. The van der Waals surface area contributed by atoms with E-state index in [9.17, 15) is 4.79 Å². The Bertz CT molecular complexity index is 566. The smallest absolute Gasteiger partial charge is 0.261 e. The molecule has 2 unspecified atom stereocenters. The van der Waals surface area contributed by atoms with Crippen molar-refractivity contribution in [1.82, 2.24) is 15.5 Å². The van der Waals surface area contributed by atoms with Gasteiger partial charge in [-0.05, 0) is 38.1 Å². The van der Waals surface area contributed by atoms with Gasteiger partial charge in [-0.25, -0.2) is 0 Å². The number of H-pyrrole nitrogens is 1. The van der Waals surface area contributed by atoms with Crippen LogP contribution in [0.1, 0.15) is 25.5 Å². The van der Waals surface area contributed by atoms with Crippen molar-refractivity contribution in [2.75, 3.05) is 7.11 Å². The van der Waals surface area contributed by atoms with Crippen molar-refractivity contribution < 1.29 is 14.3 Å². The Kier molecular flexibility index (Phi) is 4.81. The molecule has 0 aliphatic rings. The average Bonchev–Trinajstić information content (AvgIpc) is 3.02. The second-order valence-corrected chi connectivity index (χ2v) is 4.70. The number of carbonyl (C=O) groups excluding carboxylic acids is 1. The summed E-state index contributed by atoms with van der Waals surface area (Å²) in [4.78, 5) is 12.1. The summed E-state index contributed by atoms with van der Waals surface area (Å²) in [6.07, 6.45) is 2.84. The summed E-state index contributed by atoms with van der Waals surface area (Å²) in [7, 11) is 1.60. The molecule has 2 aromatic rings. The Hall–Kier alpha value is -2.50. The molecule has 6 nitrogen and oxygen atoms in total. The van der Waals surface area contributed by atoms with Crippen LogP contribution >= 0.6 is 0 Å². The van der Waals surface area contributed by atoms with Crippen LogP contribution in [0.2, 0.25) is 0 Å². The van der Waals surface area contributed by atoms with Crippen LogP contribution in [0.25, 0.3) is 0 Å². The highest BCUT2D eigenvalue weighted by atomic mass is 16.5. The SMILES string of the molecule is COc1ccc(OC(C)C(=O)NC(C)c2cn[nH]c2)cc1.